The summed E-state index contributed by atoms with van der Waals surface area (Å²) in [4.78, 5) is 30.1. The monoisotopic (exact) mass is 377 g/mol. The molecule has 2 aromatic carbocycles. The largest absolute Gasteiger partial charge is 0.334 e. The predicted molar refractivity (Wildman–Crippen MR) is 111 cm³/mol. The van der Waals surface area contributed by atoms with Crippen LogP contribution in [0.2, 0.25) is 0 Å². The van der Waals surface area contributed by atoms with E-state index in [1.165, 1.54) is 15.7 Å². The standard InChI is InChI=1S/C23H27N3O2/c1-23(2,3)17-12-10-16(11-13-17)19-9-6-14-25(19)21(27)15-26-20-8-5-4-7-18(20)24-22(26)28/h4-5,7-8,10-13,19H,6,9,14-15H2,1-3H3,(H,24,28). The zero-order valence-electron chi connectivity index (χ0n) is 16.7. The highest BCUT2D eigenvalue weighted by Crippen LogP contribution is 2.33. The minimum Gasteiger partial charge on any atom is -0.334 e. The predicted octanol–water partition coefficient (Wildman–Crippen LogP) is 3.99. The molecule has 1 fully saturated rings. The molecule has 1 aliphatic rings. The van der Waals surface area contributed by atoms with Gasteiger partial charge in [-0.25, -0.2) is 4.79 Å². The maximum absolute atomic E-state index is 13.1. The van der Waals surface area contributed by atoms with Crippen LogP contribution in [0.5, 0.6) is 0 Å². The van der Waals surface area contributed by atoms with Crippen LogP contribution in [0.1, 0.15) is 50.8 Å². The van der Waals surface area contributed by atoms with Gasteiger partial charge >= 0.3 is 5.69 Å². The van der Waals surface area contributed by atoms with Crippen molar-refractivity contribution in [1.29, 1.82) is 0 Å². The number of amides is 1. The van der Waals surface area contributed by atoms with E-state index in [9.17, 15) is 9.59 Å². The number of nitrogens with one attached hydrogen (secondary N) is 1. The molecule has 0 radical (unpaired) electrons. The molecule has 0 spiro atoms. The highest BCUT2D eigenvalue weighted by Gasteiger charge is 2.30. The fraction of sp³-hybridized carbons (Fsp3) is 0.391. The molecule has 2 heterocycles. The Labute approximate surface area is 165 Å². The Hall–Kier alpha value is -2.82. The highest BCUT2D eigenvalue weighted by molar-refractivity contribution is 5.81. The number of aromatic nitrogens is 2. The van der Waals surface area contributed by atoms with E-state index >= 15 is 0 Å². The minimum absolute atomic E-state index is 0.00532. The molecule has 1 unspecified atom stereocenters. The lowest BCUT2D eigenvalue weighted by molar-refractivity contribution is -0.132. The second kappa shape index (κ2) is 6.97. The second-order valence-corrected chi connectivity index (χ2v) is 8.65. The molecule has 0 bridgehead atoms. The summed E-state index contributed by atoms with van der Waals surface area (Å²) in [5.41, 5.74) is 3.87. The molecule has 4 rings (SSSR count). The SMILES string of the molecule is CC(C)(C)c1ccc(C2CCCN2C(=O)Cn2c(=O)[nH]c3ccccc32)cc1. The summed E-state index contributed by atoms with van der Waals surface area (Å²) in [6, 6.07) is 16.2. The summed E-state index contributed by atoms with van der Waals surface area (Å²) in [6.07, 6.45) is 1.95. The van der Waals surface area contributed by atoms with Gasteiger partial charge in [-0.15, -0.1) is 0 Å². The molecule has 5 nitrogen and oxygen atoms in total. The molecular formula is C23H27N3O2. The Balaban J connectivity index is 1.57. The van der Waals surface area contributed by atoms with Gasteiger partial charge in [0.15, 0.2) is 0 Å². The molecule has 1 N–H and O–H groups in total. The third kappa shape index (κ3) is 3.37. The van der Waals surface area contributed by atoms with Crippen molar-refractivity contribution < 1.29 is 4.79 Å². The quantitative estimate of drug-likeness (QED) is 0.750. The van der Waals surface area contributed by atoms with Gasteiger partial charge in [0.2, 0.25) is 5.91 Å². The van der Waals surface area contributed by atoms with Gasteiger partial charge in [0, 0.05) is 6.54 Å². The molecule has 0 saturated carbocycles. The smallest absolute Gasteiger partial charge is 0.326 e. The fourth-order valence-corrected chi connectivity index (χ4v) is 4.11. The Morgan fingerprint density at radius 2 is 1.82 bits per heavy atom. The van der Waals surface area contributed by atoms with Crippen molar-refractivity contribution in [2.24, 2.45) is 0 Å². The number of para-hydroxylation sites is 2. The number of rotatable bonds is 3. The van der Waals surface area contributed by atoms with Crippen LogP contribution in [0.4, 0.5) is 0 Å². The lowest BCUT2D eigenvalue weighted by Crippen LogP contribution is -2.35. The van der Waals surface area contributed by atoms with Crippen LogP contribution in [0.15, 0.2) is 53.3 Å². The third-order valence-corrected chi connectivity index (χ3v) is 5.71. The number of carbonyl (C=O) groups excluding carboxylic acids is 1. The van der Waals surface area contributed by atoms with E-state index in [1.807, 2.05) is 29.2 Å². The normalized spacial score (nSPS) is 17.4. The number of carbonyl (C=O) groups is 1. The zero-order valence-corrected chi connectivity index (χ0v) is 16.7. The number of imidazole rings is 1. The Kier molecular flexibility index (Phi) is 4.61. The molecule has 5 heteroatoms. The average molecular weight is 377 g/mol. The first-order valence-electron chi connectivity index (χ1n) is 9.92. The first kappa shape index (κ1) is 18.5. The van der Waals surface area contributed by atoms with E-state index in [2.05, 4.69) is 50.0 Å². The van der Waals surface area contributed by atoms with Crippen LogP contribution in [0, 0.1) is 0 Å². The highest BCUT2D eigenvalue weighted by atomic mass is 16.2. The van der Waals surface area contributed by atoms with E-state index in [0.29, 0.717) is 0 Å². The summed E-state index contributed by atoms with van der Waals surface area (Å²) in [7, 11) is 0. The van der Waals surface area contributed by atoms with Crippen LogP contribution in [0.25, 0.3) is 11.0 Å². The molecule has 0 aliphatic carbocycles. The van der Waals surface area contributed by atoms with Crippen molar-refractivity contribution >= 4 is 16.9 Å². The topological polar surface area (TPSA) is 58.1 Å². The molecule has 1 aliphatic heterocycles. The van der Waals surface area contributed by atoms with E-state index in [1.54, 1.807) is 0 Å². The minimum atomic E-state index is -0.236. The van der Waals surface area contributed by atoms with Crippen molar-refractivity contribution in [2.45, 2.75) is 51.6 Å². The lowest BCUT2D eigenvalue weighted by Gasteiger charge is -2.26. The van der Waals surface area contributed by atoms with Crippen LogP contribution in [0.3, 0.4) is 0 Å². The first-order chi connectivity index (χ1) is 13.3. The van der Waals surface area contributed by atoms with Crippen molar-refractivity contribution in [2.75, 3.05) is 6.54 Å². The number of hydrogen-bond donors (Lipinski definition) is 1. The molecule has 1 atom stereocenters. The summed E-state index contributed by atoms with van der Waals surface area (Å²) in [5, 5.41) is 0. The Bertz CT molecular complexity index is 1050. The van der Waals surface area contributed by atoms with Gasteiger partial charge in [0.05, 0.1) is 17.1 Å². The van der Waals surface area contributed by atoms with Crippen molar-refractivity contribution in [3.05, 3.63) is 70.1 Å². The van der Waals surface area contributed by atoms with Gasteiger partial charge in [-0.1, -0.05) is 57.2 Å². The van der Waals surface area contributed by atoms with Crippen LogP contribution in [-0.4, -0.2) is 26.9 Å². The van der Waals surface area contributed by atoms with E-state index in [4.69, 9.17) is 0 Å². The molecule has 1 saturated heterocycles. The molecule has 3 aromatic rings. The average Bonchev–Trinajstić information content (AvgIpc) is 3.26. The van der Waals surface area contributed by atoms with Crippen molar-refractivity contribution in [1.82, 2.24) is 14.5 Å². The number of H-pyrrole nitrogens is 1. The number of fused-ring (bicyclic) bond motifs is 1. The molecular weight excluding hydrogens is 350 g/mol. The van der Waals surface area contributed by atoms with Gasteiger partial charge in [0.25, 0.3) is 0 Å². The Morgan fingerprint density at radius 3 is 2.54 bits per heavy atom. The van der Waals surface area contributed by atoms with Gasteiger partial charge in [-0.3, -0.25) is 9.36 Å². The summed E-state index contributed by atoms with van der Waals surface area (Å²) < 4.78 is 1.54. The van der Waals surface area contributed by atoms with Crippen molar-refractivity contribution in [3.8, 4) is 0 Å². The number of nitrogens with zero attached hydrogens (tertiary/aromatic N) is 2. The van der Waals surface area contributed by atoms with E-state index in [0.717, 1.165) is 30.4 Å². The van der Waals surface area contributed by atoms with E-state index < -0.39 is 0 Å². The number of benzene rings is 2. The summed E-state index contributed by atoms with van der Waals surface area (Å²) in [6.45, 7) is 7.41. The van der Waals surface area contributed by atoms with Crippen LogP contribution in [-0.2, 0) is 16.8 Å². The molecule has 28 heavy (non-hydrogen) atoms. The van der Waals surface area contributed by atoms with Crippen LogP contribution < -0.4 is 5.69 Å². The van der Waals surface area contributed by atoms with Gasteiger partial charge in [-0.05, 0) is 41.5 Å². The summed E-state index contributed by atoms with van der Waals surface area (Å²) in [5.74, 6) is -0.00532. The molecule has 1 aromatic heterocycles. The number of aromatic amines is 1. The number of likely N-dealkylation sites (tertiary alicyclic amines) is 1. The van der Waals surface area contributed by atoms with Gasteiger partial charge < -0.3 is 9.88 Å². The second-order valence-electron chi connectivity index (χ2n) is 8.65. The molecule has 1 amide bonds. The maximum Gasteiger partial charge on any atom is 0.326 e. The van der Waals surface area contributed by atoms with Gasteiger partial charge in [0.1, 0.15) is 6.54 Å². The number of hydrogen-bond acceptors (Lipinski definition) is 2. The first-order valence-corrected chi connectivity index (χ1v) is 9.92. The van der Waals surface area contributed by atoms with Crippen molar-refractivity contribution in [3.63, 3.8) is 0 Å². The lowest BCUT2D eigenvalue weighted by atomic mass is 9.86. The Morgan fingerprint density at radius 1 is 1.11 bits per heavy atom. The third-order valence-electron chi connectivity index (χ3n) is 5.71. The fourth-order valence-electron chi connectivity index (χ4n) is 4.11. The summed E-state index contributed by atoms with van der Waals surface area (Å²) >= 11 is 0. The zero-order chi connectivity index (χ0) is 19.9. The van der Waals surface area contributed by atoms with E-state index in [-0.39, 0.29) is 29.6 Å². The van der Waals surface area contributed by atoms with Gasteiger partial charge in [-0.2, -0.15) is 0 Å². The maximum atomic E-state index is 13.1. The van der Waals surface area contributed by atoms with Crippen LogP contribution >= 0.6 is 0 Å². The molecule has 146 valence electrons.